The molecule has 0 bridgehead atoms. The Hall–Kier alpha value is -2.97. The van der Waals surface area contributed by atoms with Gasteiger partial charge in [0.05, 0.1) is 6.10 Å². The van der Waals surface area contributed by atoms with Gasteiger partial charge in [0.25, 0.3) is 0 Å². The predicted molar refractivity (Wildman–Crippen MR) is 155 cm³/mol. The minimum Gasteiger partial charge on any atom is -0.391 e. The molecule has 0 aliphatic carbocycles. The van der Waals surface area contributed by atoms with E-state index in [1.165, 1.54) is 4.90 Å². The topological polar surface area (TPSA) is 111 Å². The molecule has 3 rings (SSSR count). The number of likely N-dealkylation sites (tertiary alicyclic amines) is 1. The van der Waals surface area contributed by atoms with Gasteiger partial charge in [-0.25, -0.2) is 0 Å². The zero-order chi connectivity index (χ0) is 28.4. The van der Waals surface area contributed by atoms with Crippen LogP contribution in [0, 0.1) is 11.8 Å². The number of rotatable bonds is 14. The fourth-order valence-corrected chi connectivity index (χ4v) is 5.20. The largest absolute Gasteiger partial charge is 0.391 e. The molecule has 1 fully saturated rings. The number of hydrogen-bond donors (Lipinski definition) is 4. The van der Waals surface area contributed by atoms with E-state index in [0.29, 0.717) is 31.7 Å². The Labute approximate surface area is 232 Å². The Morgan fingerprint density at radius 1 is 1.03 bits per heavy atom. The van der Waals surface area contributed by atoms with E-state index in [4.69, 9.17) is 0 Å². The number of hydrogen-bond acceptors (Lipinski definition) is 5. The van der Waals surface area contributed by atoms with Crippen LogP contribution in [-0.2, 0) is 20.8 Å². The summed E-state index contributed by atoms with van der Waals surface area (Å²) >= 11 is 0. The van der Waals surface area contributed by atoms with Crippen LogP contribution in [0.25, 0.3) is 10.8 Å². The van der Waals surface area contributed by atoms with E-state index < -0.39 is 24.1 Å². The molecule has 3 atom stereocenters. The Morgan fingerprint density at radius 2 is 1.74 bits per heavy atom. The van der Waals surface area contributed by atoms with Crippen LogP contribution >= 0.6 is 0 Å². The average molecular weight is 539 g/mol. The average Bonchev–Trinajstić information content (AvgIpc) is 3.32. The number of nitrogens with zero attached hydrogens (tertiary/aromatic N) is 1. The molecule has 1 heterocycles. The predicted octanol–water partition coefficient (Wildman–Crippen LogP) is 3.02. The molecule has 2 aromatic carbocycles. The van der Waals surface area contributed by atoms with Crippen molar-refractivity contribution in [1.82, 2.24) is 20.9 Å². The van der Waals surface area contributed by atoms with Crippen LogP contribution in [0.15, 0.2) is 42.5 Å². The molecule has 3 unspecified atom stereocenters. The monoisotopic (exact) mass is 538 g/mol. The highest BCUT2D eigenvalue weighted by atomic mass is 16.3. The zero-order valence-electron chi connectivity index (χ0n) is 23.9. The number of carbonyl (C=O) groups is 3. The summed E-state index contributed by atoms with van der Waals surface area (Å²) in [6.45, 7) is 10.6. The third-order valence-electron chi connectivity index (χ3n) is 7.47. The smallest absolute Gasteiger partial charge is 0.243 e. The normalized spacial score (nSPS) is 18.1. The second kappa shape index (κ2) is 15.0. The van der Waals surface area contributed by atoms with E-state index in [-0.39, 0.29) is 30.7 Å². The van der Waals surface area contributed by atoms with Gasteiger partial charge in [-0.05, 0) is 54.6 Å². The maximum atomic E-state index is 13.5. The van der Waals surface area contributed by atoms with Crippen molar-refractivity contribution in [2.45, 2.75) is 78.0 Å². The lowest BCUT2D eigenvalue weighted by molar-refractivity contribution is -0.142. The molecular formula is C31H46N4O4. The van der Waals surface area contributed by atoms with Crippen molar-refractivity contribution in [3.63, 3.8) is 0 Å². The summed E-state index contributed by atoms with van der Waals surface area (Å²) in [5, 5.41) is 21.8. The maximum Gasteiger partial charge on any atom is 0.243 e. The van der Waals surface area contributed by atoms with Gasteiger partial charge in [0.1, 0.15) is 12.1 Å². The van der Waals surface area contributed by atoms with Gasteiger partial charge in [-0.15, -0.1) is 0 Å². The van der Waals surface area contributed by atoms with Gasteiger partial charge in [-0.3, -0.25) is 14.4 Å². The fourth-order valence-electron chi connectivity index (χ4n) is 5.20. The molecule has 2 aromatic rings. The van der Waals surface area contributed by atoms with Gasteiger partial charge < -0.3 is 26.0 Å². The van der Waals surface area contributed by atoms with Crippen LogP contribution < -0.4 is 16.0 Å². The van der Waals surface area contributed by atoms with Crippen LogP contribution in [0.3, 0.4) is 0 Å². The van der Waals surface area contributed by atoms with Crippen LogP contribution in [0.1, 0.15) is 58.9 Å². The molecule has 3 amide bonds. The van der Waals surface area contributed by atoms with Crippen LogP contribution in [0.2, 0.25) is 0 Å². The van der Waals surface area contributed by atoms with E-state index in [0.717, 1.165) is 35.8 Å². The van der Waals surface area contributed by atoms with E-state index in [1.54, 1.807) is 0 Å². The highest BCUT2D eigenvalue weighted by Crippen LogP contribution is 2.24. The molecule has 8 nitrogen and oxygen atoms in total. The van der Waals surface area contributed by atoms with Crippen molar-refractivity contribution in [2.24, 2.45) is 11.8 Å². The van der Waals surface area contributed by atoms with Gasteiger partial charge >= 0.3 is 0 Å². The van der Waals surface area contributed by atoms with E-state index >= 15 is 0 Å². The number of aliphatic hydroxyl groups is 1. The van der Waals surface area contributed by atoms with E-state index in [1.807, 2.05) is 56.3 Å². The van der Waals surface area contributed by atoms with Crippen molar-refractivity contribution in [2.75, 3.05) is 26.2 Å². The molecule has 1 saturated heterocycles. The van der Waals surface area contributed by atoms with Crippen LogP contribution in [0.4, 0.5) is 0 Å². The first kappa shape index (κ1) is 30.6. The summed E-state index contributed by atoms with van der Waals surface area (Å²) in [5.41, 5.74) is 0.934. The number of nitrogens with one attached hydrogen (secondary N) is 3. The van der Waals surface area contributed by atoms with Gasteiger partial charge in [-0.2, -0.15) is 0 Å². The molecular weight excluding hydrogens is 492 g/mol. The number of β-amino-alcohol motifs (C(OH)–C–C–N with tert-alkyl or cyclic N) is 1. The standard InChI is InChI=1S/C31H46N4O4/c1-5-23(6-2)31(39)35-20-26(36)18-28(35)30(38)34-27(29(37)33-15-9-14-32-19-21(3)4)17-22-12-13-24-10-7-8-11-25(24)16-22/h7-8,10-13,16,21,23,26-28,32,36H,5-6,9,14-15,17-20H2,1-4H3,(H,33,37)(H,34,38). The van der Waals surface area contributed by atoms with Crippen molar-refractivity contribution in [3.05, 3.63) is 48.0 Å². The van der Waals surface area contributed by atoms with Gasteiger partial charge in [0, 0.05) is 31.8 Å². The minimum atomic E-state index is -0.801. The molecule has 0 saturated carbocycles. The van der Waals surface area contributed by atoms with Gasteiger partial charge in [0.2, 0.25) is 17.7 Å². The van der Waals surface area contributed by atoms with Crippen LogP contribution in [-0.4, -0.2) is 72.1 Å². The number of aliphatic hydroxyl groups excluding tert-OH is 1. The summed E-state index contributed by atoms with van der Waals surface area (Å²) in [4.78, 5) is 41.4. The quantitative estimate of drug-likeness (QED) is 0.277. The number of amides is 3. The van der Waals surface area contributed by atoms with Gasteiger partial charge in [-0.1, -0.05) is 70.2 Å². The lowest BCUT2D eigenvalue weighted by atomic mass is 10.00. The second-order valence-corrected chi connectivity index (χ2v) is 11.1. The molecule has 1 aliphatic rings. The first-order valence-electron chi connectivity index (χ1n) is 14.5. The Bertz CT molecular complexity index is 1100. The van der Waals surface area contributed by atoms with E-state index in [9.17, 15) is 19.5 Å². The molecule has 214 valence electrons. The Balaban J connectivity index is 1.72. The summed E-state index contributed by atoms with van der Waals surface area (Å²) < 4.78 is 0. The van der Waals surface area contributed by atoms with Gasteiger partial charge in [0.15, 0.2) is 0 Å². The van der Waals surface area contributed by atoms with E-state index in [2.05, 4.69) is 29.8 Å². The summed E-state index contributed by atoms with van der Waals surface area (Å²) in [6, 6.07) is 12.5. The van der Waals surface area contributed by atoms with Crippen LogP contribution in [0.5, 0.6) is 0 Å². The lowest BCUT2D eigenvalue weighted by Crippen LogP contribution is -2.54. The minimum absolute atomic E-state index is 0.110. The molecule has 1 aliphatic heterocycles. The molecule has 0 aromatic heterocycles. The van der Waals surface area contributed by atoms with Crippen molar-refractivity contribution in [3.8, 4) is 0 Å². The Morgan fingerprint density at radius 3 is 2.44 bits per heavy atom. The first-order valence-corrected chi connectivity index (χ1v) is 14.5. The summed E-state index contributed by atoms with van der Waals surface area (Å²) in [6.07, 6.45) is 1.87. The molecule has 4 N–H and O–H groups in total. The fraction of sp³-hybridized carbons (Fsp3) is 0.581. The molecule has 0 radical (unpaired) electrons. The van der Waals surface area contributed by atoms with Crippen molar-refractivity contribution >= 4 is 28.5 Å². The highest BCUT2D eigenvalue weighted by Gasteiger charge is 2.41. The second-order valence-electron chi connectivity index (χ2n) is 11.1. The SMILES string of the molecule is CCC(CC)C(=O)N1CC(O)CC1C(=O)NC(Cc1ccc2ccccc2c1)C(=O)NCCCNCC(C)C. The van der Waals surface area contributed by atoms with Crippen molar-refractivity contribution < 1.29 is 19.5 Å². The third-order valence-corrected chi connectivity index (χ3v) is 7.47. The highest BCUT2D eigenvalue weighted by molar-refractivity contribution is 5.93. The Kier molecular flexibility index (Phi) is 11.7. The summed E-state index contributed by atoms with van der Waals surface area (Å²) in [5.74, 6) is -0.387. The maximum absolute atomic E-state index is 13.5. The molecule has 8 heteroatoms. The molecule has 0 spiro atoms. The number of carbonyl (C=O) groups excluding carboxylic acids is 3. The number of benzene rings is 2. The first-order chi connectivity index (χ1) is 18.7. The summed E-state index contributed by atoms with van der Waals surface area (Å²) in [7, 11) is 0. The molecule has 39 heavy (non-hydrogen) atoms. The third kappa shape index (κ3) is 8.77. The zero-order valence-corrected chi connectivity index (χ0v) is 23.9. The lowest BCUT2D eigenvalue weighted by Gasteiger charge is -2.28. The van der Waals surface area contributed by atoms with Crippen molar-refractivity contribution in [1.29, 1.82) is 0 Å². The number of fused-ring (bicyclic) bond motifs is 1.